The SMILES string of the molecule is O=C(Nc1ccc(F)c(F)c1F)c1sccc1C#CCO. The van der Waals surface area contributed by atoms with Crippen LogP contribution in [0.2, 0.25) is 0 Å². The number of nitrogens with one attached hydrogen (secondary N) is 1. The van der Waals surface area contributed by atoms with Crippen LogP contribution in [0.25, 0.3) is 0 Å². The summed E-state index contributed by atoms with van der Waals surface area (Å²) in [5.41, 5.74) is -0.108. The third-order valence-corrected chi connectivity index (χ3v) is 3.37. The molecule has 0 radical (unpaired) electrons. The van der Waals surface area contributed by atoms with E-state index < -0.39 is 29.0 Å². The average molecular weight is 311 g/mol. The summed E-state index contributed by atoms with van der Waals surface area (Å²) in [6, 6.07) is 3.21. The number of carbonyl (C=O) groups excluding carboxylic acids is 1. The Labute approximate surface area is 122 Å². The molecule has 0 aliphatic heterocycles. The number of hydrogen-bond acceptors (Lipinski definition) is 3. The molecule has 2 rings (SSSR count). The minimum atomic E-state index is -1.65. The molecule has 1 heterocycles. The fourth-order valence-corrected chi connectivity index (χ4v) is 2.26. The molecule has 0 bridgehead atoms. The number of benzene rings is 1. The highest BCUT2D eigenvalue weighted by Crippen LogP contribution is 2.22. The van der Waals surface area contributed by atoms with E-state index in [1.165, 1.54) is 0 Å². The van der Waals surface area contributed by atoms with Crippen molar-refractivity contribution < 1.29 is 23.1 Å². The van der Waals surface area contributed by atoms with Gasteiger partial charge in [0.25, 0.3) is 5.91 Å². The van der Waals surface area contributed by atoms with Crippen LogP contribution < -0.4 is 5.32 Å². The lowest BCUT2D eigenvalue weighted by atomic mass is 10.2. The molecule has 0 aliphatic carbocycles. The first-order valence-electron chi connectivity index (χ1n) is 5.66. The normalized spacial score (nSPS) is 9.90. The highest BCUT2D eigenvalue weighted by molar-refractivity contribution is 7.12. The lowest BCUT2D eigenvalue weighted by Crippen LogP contribution is -2.13. The monoisotopic (exact) mass is 311 g/mol. The molecule has 1 aromatic heterocycles. The first kappa shape index (κ1) is 15.1. The smallest absolute Gasteiger partial charge is 0.267 e. The van der Waals surface area contributed by atoms with E-state index in [9.17, 15) is 18.0 Å². The van der Waals surface area contributed by atoms with Crippen molar-refractivity contribution in [2.75, 3.05) is 11.9 Å². The van der Waals surface area contributed by atoms with E-state index in [2.05, 4.69) is 17.2 Å². The number of rotatable bonds is 2. The van der Waals surface area contributed by atoms with Crippen molar-refractivity contribution in [3.63, 3.8) is 0 Å². The first-order chi connectivity index (χ1) is 10.0. The maximum atomic E-state index is 13.5. The molecule has 3 nitrogen and oxygen atoms in total. The summed E-state index contributed by atoms with van der Waals surface area (Å²) in [5, 5.41) is 12.4. The largest absolute Gasteiger partial charge is 0.384 e. The highest BCUT2D eigenvalue weighted by Gasteiger charge is 2.18. The number of thiophene rings is 1. The Balaban J connectivity index is 2.27. The summed E-state index contributed by atoms with van der Waals surface area (Å²) in [5.74, 6) is -0.204. The molecule has 2 N–H and O–H groups in total. The van der Waals surface area contributed by atoms with Crippen molar-refractivity contribution in [3.8, 4) is 11.8 Å². The second kappa shape index (κ2) is 6.43. The van der Waals surface area contributed by atoms with Gasteiger partial charge in [0.1, 0.15) is 11.5 Å². The number of anilines is 1. The highest BCUT2D eigenvalue weighted by atomic mass is 32.1. The Morgan fingerprint density at radius 3 is 2.71 bits per heavy atom. The Morgan fingerprint density at radius 1 is 1.24 bits per heavy atom. The summed E-state index contributed by atoms with van der Waals surface area (Å²) in [4.78, 5) is 12.2. The molecule has 7 heteroatoms. The van der Waals surface area contributed by atoms with E-state index >= 15 is 0 Å². The van der Waals surface area contributed by atoms with Gasteiger partial charge in [-0.15, -0.1) is 11.3 Å². The summed E-state index contributed by atoms with van der Waals surface area (Å²) < 4.78 is 39.4. The fraction of sp³-hybridized carbons (Fsp3) is 0.0714. The quantitative estimate of drug-likeness (QED) is 0.662. The lowest BCUT2D eigenvalue weighted by molar-refractivity contribution is 0.102. The predicted octanol–water partition coefficient (Wildman–Crippen LogP) is 2.76. The van der Waals surface area contributed by atoms with Gasteiger partial charge in [-0.1, -0.05) is 11.8 Å². The predicted molar refractivity (Wildman–Crippen MR) is 72.6 cm³/mol. The van der Waals surface area contributed by atoms with Crippen LogP contribution in [0, 0.1) is 29.3 Å². The maximum absolute atomic E-state index is 13.5. The number of carbonyl (C=O) groups is 1. The third kappa shape index (κ3) is 3.24. The van der Waals surface area contributed by atoms with Crippen molar-refractivity contribution in [2.24, 2.45) is 0 Å². The molecule has 0 unspecified atom stereocenters. The van der Waals surface area contributed by atoms with Gasteiger partial charge in [0.2, 0.25) is 0 Å². The minimum absolute atomic E-state index is 0.181. The van der Waals surface area contributed by atoms with Crippen molar-refractivity contribution in [1.82, 2.24) is 0 Å². The third-order valence-electron chi connectivity index (χ3n) is 2.46. The van der Waals surface area contributed by atoms with E-state index in [0.717, 1.165) is 23.5 Å². The lowest BCUT2D eigenvalue weighted by Gasteiger charge is -2.06. The van der Waals surface area contributed by atoms with E-state index in [4.69, 9.17) is 5.11 Å². The molecule has 0 atom stereocenters. The maximum Gasteiger partial charge on any atom is 0.267 e. The van der Waals surface area contributed by atoms with Crippen LogP contribution in [0.15, 0.2) is 23.6 Å². The van der Waals surface area contributed by atoms with Crippen LogP contribution in [0.4, 0.5) is 18.9 Å². The number of aliphatic hydroxyl groups excluding tert-OH is 1. The van der Waals surface area contributed by atoms with Gasteiger partial charge in [-0.2, -0.15) is 0 Å². The Morgan fingerprint density at radius 2 is 2.00 bits per heavy atom. The number of aliphatic hydroxyl groups is 1. The molecule has 0 aliphatic rings. The Bertz CT molecular complexity index is 746. The summed E-state index contributed by atoms with van der Waals surface area (Å²) in [6.07, 6.45) is 0. The topological polar surface area (TPSA) is 49.3 Å². The van der Waals surface area contributed by atoms with Crippen LogP contribution in [0.5, 0.6) is 0 Å². The number of hydrogen-bond donors (Lipinski definition) is 2. The van der Waals surface area contributed by atoms with Gasteiger partial charge in [0, 0.05) is 5.56 Å². The van der Waals surface area contributed by atoms with Gasteiger partial charge < -0.3 is 10.4 Å². The molecule has 21 heavy (non-hydrogen) atoms. The van der Waals surface area contributed by atoms with Gasteiger partial charge in [-0.3, -0.25) is 4.79 Å². The zero-order valence-electron chi connectivity index (χ0n) is 10.4. The van der Waals surface area contributed by atoms with Crippen LogP contribution in [0.1, 0.15) is 15.2 Å². The van der Waals surface area contributed by atoms with E-state index in [0.29, 0.717) is 5.56 Å². The van der Waals surface area contributed by atoms with Crippen molar-refractivity contribution >= 4 is 22.9 Å². The van der Waals surface area contributed by atoms with Gasteiger partial charge in [0.05, 0.1) is 5.69 Å². The van der Waals surface area contributed by atoms with E-state index in [1.807, 2.05) is 0 Å². The second-order valence-electron chi connectivity index (χ2n) is 3.80. The van der Waals surface area contributed by atoms with Crippen LogP contribution in [0.3, 0.4) is 0 Å². The minimum Gasteiger partial charge on any atom is -0.384 e. The Kier molecular flexibility index (Phi) is 4.62. The Hall–Kier alpha value is -2.30. The zero-order valence-corrected chi connectivity index (χ0v) is 11.2. The van der Waals surface area contributed by atoms with E-state index in [-0.39, 0.29) is 11.5 Å². The molecule has 108 valence electrons. The van der Waals surface area contributed by atoms with E-state index in [1.54, 1.807) is 11.4 Å². The zero-order chi connectivity index (χ0) is 15.4. The molecule has 0 saturated heterocycles. The molecule has 0 spiro atoms. The van der Waals surface area contributed by atoms with Crippen molar-refractivity contribution in [3.05, 3.63) is 51.5 Å². The molecular formula is C14H8F3NO2S. The number of amides is 1. The molecule has 1 amide bonds. The molecule has 0 fully saturated rings. The molecule has 2 aromatic rings. The van der Waals surface area contributed by atoms with Gasteiger partial charge in [0.15, 0.2) is 17.5 Å². The van der Waals surface area contributed by atoms with Crippen molar-refractivity contribution in [1.29, 1.82) is 0 Å². The van der Waals surface area contributed by atoms with Gasteiger partial charge in [-0.05, 0) is 23.6 Å². The molecule has 1 aromatic carbocycles. The fourth-order valence-electron chi connectivity index (χ4n) is 1.52. The molecule has 0 saturated carbocycles. The van der Waals surface area contributed by atoms with Crippen molar-refractivity contribution in [2.45, 2.75) is 0 Å². The summed E-state index contributed by atoms with van der Waals surface area (Å²) >= 11 is 1.05. The van der Waals surface area contributed by atoms with Crippen LogP contribution in [-0.2, 0) is 0 Å². The van der Waals surface area contributed by atoms with Gasteiger partial charge in [-0.25, -0.2) is 13.2 Å². The molecular weight excluding hydrogens is 303 g/mol. The summed E-state index contributed by atoms with van der Waals surface area (Å²) in [6.45, 7) is -0.366. The average Bonchev–Trinajstić information content (AvgIpc) is 2.94. The van der Waals surface area contributed by atoms with Gasteiger partial charge >= 0.3 is 0 Å². The number of halogens is 3. The van der Waals surface area contributed by atoms with Crippen LogP contribution in [-0.4, -0.2) is 17.6 Å². The van der Waals surface area contributed by atoms with Crippen LogP contribution >= 0.6 is 11.3 Å². The first-order valence-corrected chi connectivity index (χ1v) is 6.54. The summed E-state index contributed by atoms with van der Waals surface area (Å²) in [7, 11) is 0. The standard InChI is InChI=1S/C14H8F3NO2S/c15-9-3-4-10(12(17)11(9)16)18-14(20)13-8(2-1-6-19)5-7-21-13/h3-5,7,19H,6H2,(H,18,20). The second-order valence-corrected chi connectivity index (χ2v) is 4.72.